The molecule has 1 aliphatic rings. The molecule has 2 aromatic rings. The highest BCUT2D eigenvalue weighted by atomic mass is 35.5. The molecule has 1 unspecified atom stereocenters. The van der Waals surface area contributed by atoms with Crippen molar-refractivity contribution in [3.05, 3.63) is 53.6 Å². The molecule has 0 spiro atoms. The second kappa shape index (κ2) is 8.10. The molecule has 0 aliphatic carbocycles. The fourth-order valence-corrected chi connectivity index (χ4v) is 2.83. The first-order valence-corrected chi connectivity index (χ1v) is 7.39. The van der Waals surface area contributed by atoms with Gasteiger partial charge in [0.25, 0.3) is 0 Å². The van der Waals surface area contributed by atoms with Crippen molar-refractivity contribution < 1.29 is 9.53 Å². The van der Waals surface area contributed by atoms with E-state index in [0.29, 0.717) is 11.7 Å². The number of aromatic nitrogens is 2. The number of rotatable bonds is 4. The summed E-state index contributed by atoms with van der Waals surface area (Å²) < 4.78 is 4.73. The zero-order valence-corrected chi connectivity index (χ0v) is 13.8. The molecule has 0 radical (unpaired) electrons. The van der Waals surface area contributed by atoms with Gasteiger partial charge in [-0.1, -0.05) is 0 Å². The normalized spacial score (nSPS) is 18.2. The van der Waals surface area contributed by atoms with Crippen molar-refractivity contribution in [2.45, 2.75) is 12.6 Å². The lowest BCUT2D eigenvalue weighted by atomic mass is 10.0. The second-order valence-electron chi connectivity index (χ2n) is 5.36. The number of esters is 1. The predicted octanol–water partition coefficient (Wildman–Crippen LogP) is 1.76. The van der Waals surface area contributed by atoms with Gasteiger partial charge in [0.05, 0.1) is 7.11 Å². The van der Waals surface area contributed by atoms with Crippen LogP contribution in [0.1, 0.15) is 27.8 Å². The van der Waals surface area contributed by atoms with Crippen molar-refractivity contribution in [1.29, 1.82) is 0 Å². The first kappa shape index (κ1) is 17.5. The van der Waals surface area contributed by atoms with Gasteiger partial charge in [-0.2, -0.15) is 0 Å². The molecule has 2 aromatic heterocycles. The summed E-state index contributed by atoms with van der Waals surface area (Å²) in [6, 6.07) is 8.13. The van der Waals surface area contributed by atoms with E-state index in [9.17, 15) is 4.79 Å². The largest absolute Gasteiger partial charge is 0.464 e. The van der Waals surface area contributed by atoms with Gasteiger partial charge in [-0.3, -0.25) is 9.88 Å². The van der Waals surface area contributed by atoms with Crippen molar-refractivity contribution in [3.63, 3.8) is 0 Å². The molecule has 0 bridgehead atoms. The van der Waals surface area contributed by atoms with E-state index in [2.05, 4.69) is 32.3 Å². The number of H-pyrrole nitrogens is 1. The van der Waals surface area contributed by atoms with Gasteiger partial charge < -0.3 is 15.0 Å². The van der Waals surface area contributed by atoms with E-state index in [1.54, 1.807) is 6.07 Å². The van der Waals surface area contributed by atoms with Crippen LogP contribution in [-0.2, 0) is 11.3 Å². The van der Waals surface area contributed by atoms with Crippen molar-refractivity contribution in [2.75, 3.05) is 26.7 Å². The number of nitrogens with zero attached hydrogens (tertiary/aromatic N) is 2. The molecule has 1 saturated heterocycles. The lowest BCUT2D eigenvalue weighted by Gasteiger charge is -2.36. The lowest BCUT2D eigenvalue weighted by molar-refractivity contribution is 0.0594. The highest BCUT2D eigenvalue weighted by Gasteiger charge is 2.24. The maximum absolute atomic E-state index is 11.5. The summed E-state index contributed by atoms with van der Waals surface area (Å²) in [7, 11) is 1.39. The van der Waals surface area contributed by atoms with Gasteiger partial charge in [0.2, 0.25) is 0 Å². The number of carbonyl (C=O) groups excluding carboxylic acids is 1. The molecule has 1 fully saturated rings. The zero-order valence-electron chi connectivity index (χ0n) is 13.0. The minimum Gasteiger partial charge on any atom is -0.464 e. The standard InChI is InChI=1S/C16H20N4O2.ClH/c1-22-16(21)14-3-2-13(19-14)11-20-9-8-18-10-15(20)12-4-6-17-7-5-12;/h2-7,15,18-19H,8-11H2,1H3;1H. The molecule has 2 N–H and O–H groups in total. The number of methoxy groups -OCH3 is 1. The Morgan fingerprint density at radius 1 is 1.35 bits per heavy atom. The molecule has 7 heteroatoms. The third kappa shape index (κ3) is 4.10. The van der Waals surface area contributed by atoms with Crippen LogP contribution in [0.5, 0.6) is 0 Å². The predicted molar refractivity (Wildman–Crippen MR) is 89.6 cm³/mol. The number of nitrogens with one attached hydrogen (secondary N) is 2. The van der Waals surface area contributed by atoms with Crippen molar-refractivity contribution in [3.8, 4) is 0 Å². The average molecular weight is 337 g/mol. The topological polar surface area (TPSA) is 70.2 Å². The maximum atomic E-state index is 11.5. The summed E-state index contributed by atoms with van der Waals surface area (Å²) in [6.07, 6.45) is 3.65. The Bertz CT molecular complexity index is 632. The van der Waals surface area contributed by atoms with Gasteiger partial charge in [0.1, 0.15) is 5.69 Å². The van der Waals surface area contributed by atoms with Crippen LogP contribution >= 0.6 is 12.4 Å². The molecule has 1 atom stereocenters. The van der Waals surface area contributed by atoms with E-state index in [4.69, 9.17) is 4.74 Å². The minimum atomic E-state index is -0.336. The van der Waals surface area contributed by atoms with Gasteiger partial charge in [0, 0.05) is 50.3 Å². The van der Waals surface area contributed by atoms with Gasteiger partial charge in [0.15, 0.2) is 0 Å². The number of halogens is 1. The minimum absolute atomic E-state index is 0. The van der Waals surface area contributed by atoms with E-state index in [1.807, 2.05) is 18.5 Å². The zero-order chi connectivity index (χ0) is 15.4. The van der Waals surface area contributed by atoms with Crippen molar-refractivity contribution in [1.82, 2.24) is 20.2 Å². The first-order valence-electron chi connectivity index (χ1n) is 7.39. The van der Waals surface area contributed by atoms with Crippen LogP contribution in [0.25, 0.3) is 0 Å². The Balaban J connectivity index is 0.00000192. The number of piperazine rings is 1. The monoisotopic (exact) mass is 336 g/mol. The molecular weight excluding hydrogens is 316 g/mol. The molecular formula is C16H21ClN4O2. The van der Waals surface area contributed by atoms with E-state index in [-0.39, 0.29) is 18.4 Å². The van der Waals surface area contributed by atoms with Crippen molar-refractivity contribution in [2.24, 2.45) is 0 Å². The van der Waals surface area contributed by atoms with Gasteiger partial charge in [-0.05, 0) is 29.8 Å². The third-order valence-corrected chi connectivity index (χ3v) is 3.97. The number of ether oxygens (including phenoxy) is 1. The highest BCUT2D eigenvalue weighted by molar-refractivity contribution is 5.87. The van der Waals surface area contributed by atoms with E-state index < -0.39 is 0 Å². The summed E-state index contributed by atoms with van der Waals surface area (Å²) in [5.74, 6) is -0.336. The van der Waals surface area contributed by atoms with Crippen LogP contribution in [0.4, 0.5) is 0 Å². The Hall–Kier alpha value is -1.89. The number of pyridine rings is 1. The summed E-state index contributed by atoms with van der Waals surface area (Å²) in [4.78, 5) is 21.1. The molecule has 3 rings (SSSR count). The number of carbonyl (C=O) groups is 1. The molecule has 6 nitrogen and oxygen atoms in total. The van der Waals surface area contributed by atoms with Crippen LogP contribution in [0.3, 0.4) is 0 Å². The van der Waals surface area contributed by atoms with Gasteiger partial charge in [-0.15, -0.1) is 12.4 Å². The number of hydrogen-bond acceptors (Lipinski definition) is 5. The molecule has 0 saturated carbocycles. The smallest absolute Gasteiger partial charge is 0.354 e. The maximum Gasteiger partial charge on any atom is 0.354 e. The highest BCUT2D eigenvalue weighted by Crippen LogP contribution is 2.23. The average Bonchev–Trinajstić information content (AvgIpc) is 3.04. The Morgan fingerprint density at radius 3 is 2.87 bits per heavy atom. The van der Waals surface area contributed by atoms with Gasteiger partial charge in [-0.25, -0.2) is 4.79 Å². The van der Waals surface area contributed by atoms with E-state index in [1.165, 1.54) is 12.7 Å². The van der Waals surface area contributed by atoms with Gasteiger partial charge >= 0.3 is 5.97 Å². The Labute approximate surface area is 141 Å². The number of hydrogen-bond donors (Lipinski definition) is 2. The fourth-order valence-electron chi connectivity index (χ4n) is 2.83. The summed E-state index contributed by atoms with van der Waals surface area (Å²) in [5.41, 5.74) is 2.76. The van der Waals surface area contributed by atoms with Crippen LogP contribution in [0, 0.1) is 0 Å². The third-order valence-electron chi connectivity index (χ3n) is 3.97. The molecule has 1 aliphatic heterocycles. The molecule has 0 amide bonds. The molecule has 0 aromatic carbocycles. The SMILES string of the molecule is COC(=O)c1ccc(CN2CCNCC2c2ccncc2)[nH]1.Cl. The molecule has 23 heavy (non-hydrogen) atoms. The van der Waals surface area contributed by atoms with Crippen LogP contribution in [0.15, 0.2) is 36.7 Å². The first-order chi connectivity index (χ1) is 10.8. The summed E-state index contributed by atoms with van der Waals surface area (Å²) in [6.45, 7) is 3.60. The molecule has 124 valence electrons. The Morgan fingerprint density at radius 2 is 2.13 bits per heavy atom. The lowest BCUT2D eigenvalue weighted by Crippen LogP contribution is -2.45. The quantitative estimate of drug-likeness (QED) is 0.833. The van der Waals surface area contributed by atoms with E-state index in [0.717, 1.165) is 31.9 Å². The molecule has 3 heterocycles. The van der Waals surface area contributed by atoms with Crippen LogP contribution in [0.2, 0.25) is 0 Å². The van der Waals surface area contributed by atoms with Crippen LogP contribution < -0.4 is 5.32 Å². The van der Waals surface area contributed by atoms with Crippen molar-refractivity contribution >= 4 is 18.4 Å². The number of aromatic amines is 1. The second-order valence-corrected chi connectivity index (χ2v) is 5.36. The van der Waals surface area contributed by atoms with E-state index >= 15 is 0 Å². The summed E-state index contributed by atoms with van der Waals surface area (Å²) in [5, 5.41) is 3.44. The fraction of sp³-hybridized carbons (Fsp3) is 0.375. The van der Waals surface area contributed by atoms with Crippen LogP contribution in [-0.4, -0.2) is 47.6 Å². The Kier molecular flexibility index (Phi) is 6.15. The summed E-state index contributed by atoms with van der Waals surface area (Å²) >= 11 is 0.